The van der Waals surface area contributed by atoms with Crippen LogP contribution in [0.2, 0.25) is 0 Å². The first-order valence-corrected chi connectivity index (χ1v) is 13.5. The van der Waals surface area contributed by atoms with Gasteiger partial charge in [-0.2, -0.15) is 10.2 Å². The van der Waals surface area contributed by atoms with Crippen LogP contribution in [0.4, 0.5) is 11.4 Å². The van der Waals surface area contributed by atoms with Crippen LogP contribution in [0, 0.1) is 0 Å². The minimum absolute atomic E-state index is 0.142. The lowest BCUT2D eigenvalue weighted by molar-refractivity contribution is 0.0900. The molecular weight excluding hydrogens is 580 g/mol. The molecule has 3 aromatic heterocycles. The van der Waals surface area contributed by atoms with E-state index in [1.165, 1.54) is 24.7 Å². The lowest BCUT2D eigenvalue weighted by Gasteiger charge is -2.07. The largest absolute Gasteiger partial charge is 0.459 e. The normalized spacial score (nSPS) is 11.5. The Balaban J connectivity index is 1.16. The smallest absolute Gasteiger partial charge is 0.307 e. The Labute approximate surface area is 256 Å². The lowest BCUT2D eigenvalue weighted by Crippen LogP contribution is -2.20. The molecule has 0 aliphatic carbocycles. The quantitative estimate of drug-likeness (QED) is 0.123. The zero-order valence-electron chi connectivity index (χ0n) is 24.0. The van der Waals surface area contributed by atoms with Gasteiger partial charge >= 0.3 is 11.8 Å². The number of carbonyl (C=O) groups is 4. The van der Waals surface area contributed by atoms with Crippen molar-refractivity contribution in [3.8, 4) is 0 Å². The van der Waals surface area contributed by atoms with E-state index in [-0.39, 0.29) is 23.0 Å². The molecule has 0 fully saturated rings. The number of amides is 4. The van der Waals surface area contributed by atoms with Crippen molar-refractivity contribution >= 4 is 46.4 Å². The number of furan rings is 3. The Hall–Kier alpha value is -6.50. The second kappa shape index (κ2) is 13.6. The summed E-state index contributed by atoms with van der Waals surface area (Å²) in [5.41, 5.74) is 8.00. The summed E-state index contributed by atoms with van der Waals surface area (Å²) in [6.07, 6.45) is 2.81. The highest BCUT2D eigenvalue weighted by Gasteiger charge is 2.16. The highest BCUT2D eigenvalue weighted by Crippen LogP contribution is 2.15. The Morgan fingerprint density at radius 1 is 0.533 bits per heavy atom. The Kier molecular flexibility index (Phi) is 9.09. The molecule has 13 heteroatoms. The highest BCUT2D eigenvalue weighted by atomic mass is 16.4. The van der Waals surface area contributed by atoms with Gasteiger partial charge in [-0.1, -0.05) is 24.3 Å². The highest BCUT2D eigenvalue weighted by molar-refractivity contribution is 6.06. The summed E-state index contributed by atoms with van der Waals surface area (Å²) in [6, 6.07) is 22.8. The predicted octanol–water partition coefficient (Wildman–Crippen LogP) is 5.28. The van der Waals surface area contributed by atoms with Gasteiger partial charge in [-0.15, -0.1) is 0 Å². The molecule has 0 bridgehead atoms. The Morgan fingerprint density at radius 3 is 1.38 bits per heavy atom. The molecule has 5 aromatic rings. The van der Waals surface area contributed by atoms with Crippen LogP contribution in [0.15, 0.2) is 121 Å². The molecule has 0 radical (unpaired) electrons. The minimum atomic E-state index is -0.677. The second-order valence-electron chi connectivity index (χ2n) is 9.46. The van der Waals surface area contributed by atoms with Crippen LogP contribution in [0.1, 0.15) is 67.2 Å². The van der Waals surface area contributed by atoms with Gasteiger partial charge < -0.3 is 23.9 Å². The Morgan fingerprint density at radius 2 is 0.978 bits per heavy atom. The number of hydrogen-bond acceptors (Lipinski definition) is 9. The van der Waals surface area contributed by atoms with Gasteiger partial charge in [0.15, 0.2) is 23.0 Å². The summed E-state index contributed by atoms with van der Waals surface area (Å²) in [5, 5.41) is 13.7. The molecule has 0 atom stereocenters. The predicted molar refractivity (Wildman–Crippen MR) is 164 cm³/mol. The second-order valence-corrected chi connectivity index (χ2v) is 9.46. The first-order valence-electron chi connectivity index (χ1n) is 13.5. The molecule has 2 aromatic carbocycles. The van der Waals surface area contributed by atoms with Gasteiger partial charge in [0.05, 0.1) is 23.9 Å². The number of rotatable bonds is 10. The summed E-state index contributed by atoms with van der Waals surface area (Å²) >= 11 is 0. The van der Waals surface area contributed by atoms with E-state index < -0.39 is 23.6 Å². The average Bonchev–Trinajstić information content (AvgIpc) is 3.86. The molecule has 0 spiro atoms. The van der Waals surface area contributed by atoms with E-state index in [0.717, 1.165) is 0 Å². The average molecular weight is 607 g/mol. The fourth-order valence-corrected chi connectivity index (χ4v) is 3.94. The zero-order chi connectivity index (χ0) is 31.8. The van der Waals surface area contributed by atoms with Crippen molar-refractivity contribution in [3.63, 3.8) is 0 Å². The van der Waals surface area contributed by atoms with Gasteiger partial charge in [0.25, 0.3) is 11.8 Å². The molecule has 45 heavy (non-hydrogen) atoms. The van der Waals surface area contributed by atoms with Gasteiger partial charge in [-0.25, -0.2) is 10.9 Å². The summed E-state index contributed by atoms with van der Waals surface area (Å²) in [6.45, 7) is 3.36. The standard InChI is InChI=1S/C32H26N6O7/c1-19(21-7-3-9-23(17-21)33-29(39)25-11-5-15-43-25)35-37-31(41)27-13-14-28(45-27)32(42)38-36-20(2)22-8-4-10-24(18-22)34-30(40)26-12-6-16-44-26/h3-18H,1-2H3,(H,33,39)(H,34,40)(H,37,41)(H,38,42)/b35-19+,36-20+. The zero-order valence-corrected chi connectivity index (χ0v) is 24.0. The van der Waals surface area contributed by atoms with Crippen molar-refractivity contribution in [3.05, 3.63) is 132 Å². The molecule has 4 N–H and O–H groups in total. The van der Waals surface area contributed by atoms with Crippen LogP contribution < -0.4 is 21.5 Å². The van der Waals surface area contributed by atoms with Gasteiger partial charge in [-0.3, -0.25) is 19.2 Å². The number of carbonyl (C=O) groups excluding carboxylic acids is 4. The molecular formula is C32H26N6O7. The maximum atomic E-state index is 12.6. The summed E-state index contributed by atoms with van der Waals surface area (Å²) in [5.74, 6) is -2.10. The van der Waals surface area contributed by atoms with Crippen molar-refractivity contribution in [1.82, 2.24) is 10.9 Å². The summed E-state index contributed by atoms with van der Waals surface area (Å²) in [4.78, 5) is 49.7. The maximum Gasteiger partial charge on any atom is 0.307 e. The van der Waals surface area contributed by atoms with E-state index in [1.807, 2.05) is 0 Å². The fourth-order valence-electron chi connectivity index (χ4n) is 3.94. The molecule has 0 aliphatic heterocycles. The molecule has 0 unspecified atom stereocenters. The summed E-state index contributed by atoms with van der Waals surface area (Å²) < 4.78 is 15.6. The van der Waals surface area contributed by atoms with E-state index >= 15 is 0 Å². The van der Waals surface area contributed by atoms with E-state index in [9.17, 15) is 19.2 Å². The van der Waals surface area contributed by atoms with E-state index in [0.29, 0.717) is 33.9 Å². The molecule has 226 valence electrons. The van der Waals surface area contributed by atoms with Crippen LogP contribution in [0.5, 0.6) is 0 Å². The number of nitrogens with zero attached hydrogens (tertiary/aromatic N) is 2. The van der Waals surface area contributed by atoms with E-state index in [4.69, 9.17) is 13.3 Å². The number of nitrogens with one attached hydrogen (secondary N) is 4. The van der Waals surface area contributed by atoms with Gasteiger partial charge in [-0.05, 0) is 85.6 Å². The molecule has 5 rings (SSSR count). The van der Waals surface area contributed by atoms with Crippen LogP contribution >= 0.6 is 0 Å². The molecule has 13 nitrogen and oxygen atoms in total. The minimum Gasteiger partial charge on any atom is -0.459 e. The van der Waals surface area contributed by atoms with Crippen molar-refractivity contribution in [2.45, 2.75) is 13.8 Å². The van der Waals surface area contributed by atoms with Crippen molar-refractivity contribution < 1.29 is 32.4 Å². The van der Waals surface area contributed by atoms with Crippen LogP contribution in [0.25, 0.3) is 0 Å². The number of hydrogen-bond donors (Lipinski definition) is 4. The molecule has 3 heterocycles. The first kappa shape index (κ1) is 30.0. The van der Waals surface area contributed by atoms with Gasteiger partial charge in [0.2, 0.25) is 0 Å². The maximum absolute atomic E-state index is 12.6. The molecule has 0 aliphatic rings. The Bertz CT molecular complexity index is 1770. The topological polar surface area (TPSA) is 181 Å². The van der Waals surface area contributed by atoms with Gasteiger partial charge in [0, 0.05) is 11.4 Å². The number of benzene rings is 2. The third kappa shape index (κ3) is 7.67. The SMILES string of the molecule is C/C(=N\NC(=O)c1ccc(C(=O)N/N=C(\C)c2cccc(NC(=O)c3ccco3)c2)o1)c1cccc(NC(=O)c2ccco2)c1. The van der Waals surface area contributed by atoms with Crippen molar-refractivity contribution in [2.24, 2.45) is 10.2 Å². The molecule has 0 saturated heterocycles. The molecule has 4 amide bonds. The van der Waals surface area contributed by atoms with Crippen molar-refractivity contribution in [2.75, 3.05) is 10.6 Å². The van der Waals surface area contributed by atoms with Crippen LogP contribution in [-0.4, -0.2) is 35.1 Å². The third-order valence-corrected chi connectivity index (χ3v) is 6.27. The lowest BCUT2D eigenvalue weighted by atomic mass is 10.1. The number of anilines is 2. The molecule has 0 saturated carbocycles. The first-order chi connectivity index (χ1) is 21.8. The monoisotopic (exact) mass is 606 g/mol. The van der Waals surface area contributed by atoms with E-state index in [2.05, 4.69) is 31.7 Å². The summed E-state index contributed by atoms with van der Waals surface area (Å²) in [7, 11) is 0. The van der Waals surface area contributed by atoms with Crippen LogP contribution in [-0.2, 0) is 0 Å². The van der Waals surface area contributed by atoms with Crippen LogP contribution in [0.3, 0.4) is 0 Å². The fraction of sp³-hybridized carbons (Fsp3) is 0.0625. The van der Waals surface area contributed by atoms with Gasteiger partial charge in [0.1, 0.15) is 0 Å². The number of hydrazone groups is 2. The van der Waals surface area contributed by atoms with E-state index in [1.54, 1.807) is 86.6 Å². The van der Waals surface area contributed by atoms with Crippen molar-refractivity contribution in [1.29, 1.82) is 0 Å². The third-order valence-electron chi connectivity index (χ3n) is 6.27.